The number of hydrogen-bond donors (Lipinski definition) is 1. The van der Waals surface area contributed by atoms with Gasteiger partial charge in [0, 0.05) is 6.08 Å². The maximum Gasteiger partial charge on any atom is 0.241 e. The van der Waals surface area contributed by atoms with Gasteiger partial charge in [-0.25, -0.2) is 0 Å². The van der Waals surface area contributed by atoms with Gasteiger partial charge in [0.1, 0.15) is 0 Å². The fourth-order valence-corrected chi connectivity index (χ4v) is 0.285. The average molecular weight is 117 g/mol. The molecule has 0 rings (SSSR count). The zero-order valence-corrected chi connectivity index (χ0v) is 5.06. The van der Waals surface area contributed by atoms with Crippen LogP contribution in [-0.4, -0.2) is 11.4 Å². The lowest BCUT2D eigenvalue weighted by molar-refractivity contribution is -0.113. The lowest BCUT2D eigenvalue weighted by Gasteiger charge is -1.80. The summed E-state index contributed by atoms with van der Waals surface area (Å²) in [5.41, 5.74) is 5.72. The van der Waals surface area contributed by atoms with E-state index in [0.29, 0.717) is 0 Å². The summed E-state index contributed by atoms with van der Waals surface area (Å²) in [6.07, 6.45) is 1.39. The first-order valence-corrected chi connectivity index (χ1v) is 2.07. The molecule has 0 aromatic carbocycles. The summed E-state index contributed by atoms with van der Waals surface area (Å²) >= 11 is 0. The lowest BCUT2D eigenvalue weighted by Crippen LogP contribution is -2.05. The van der Waals surface area contributed by atoms with E-state index >= 15 is 0 Å². The number of rotatable bonds is 1. The quantitative estimate of drug-likeness (QED) is 0.467. The van der Waals surface area contributed by atoms with Crippen LogP contribution in [0.5, 0.6) is 0 Å². The highest BCUT2D eigenvalue weighted by Crippen LogP contribution is 1.84. The Hall–Kier alpha value is -0.830. The molecule has 0 heterocycles. The lowest BCUT2D eigenvalue weighted by atomic mass is 10.3. The summed E-state index contributed by atoms with van der Waals surface area (Å²) in [6, 6.07) is 0. The van der Waals surface area contributed by atoms with Crippen LogP contribution in [0.25, 0.3) is 0 Å². The van der Waals surface area contributed by atoms with Crippen LogP contribution < -0.4 is 5.73 Å². The first-order chi connectivity index (χ1) is 3.13. The van der Waals surface area contributed by atoms with Crippen molar-refractivity contribution < 1.29 is 10.3 Å². The molecule has 0 atom stereocenters. The van der Waals surface area contributed by atoms with Crippen molar-refractivity contribution in [2.45, 2.75) is 13.8 Å². The zero-order chi connectivity index (χ0) is 5.86. The Labute approximate surface area is 48.5 Å². The van der Waals surface area contributed by atoms with Gasteiger partial charge in [0.25, 0.3) is 0 Å². The van der Waals surface area contributed by atoms with Gasteiger partial charge in [-0.2, -0.15) is 0 Å². The Balaban J connectivity index is 0. The summed E-state index contributed by atoms with van der Waals surface area (Å²) in [6.45, 7) is 3.65. The van der Waals surface area contributed by atoms with Crippen LogP contribution in [0, 0.1) is 0 Å². The first kappa shape index (κ1) is 10.2. The Morgan fingerprint density at radius 2 is 1.88 bits per heavy atom. The topological polar surface area (TPSA) is 74.6 Å². The van der Waals surface area contributed by atoms with Gasteiger partial charge in [-0.3, -0.25) is 4.79 Å². The number of allylic oxidation sites excluding steroid dienone is 1. The van der Waals surface area contributed by atoms with Crippen molar-refractivity contribution in [1.82, 2.24) is 0 Å². The number of hydrogen-bond acceptors (Lipinski definition) is 1. The summed E-state index contributed by atoms with van der Waals surface area (Å²) < 4.78 is 0. The van der Waals surface area contributed by atoms with Crippen molar-refractivity contribution in [3.05, 3.63) is 11.6 Å². The van der Waals surface area contributed by atoms with E-state index in [0.717, 1.165) is 5.57 Å². The summed E-state index contributed by atoms with van der Waals surface area (Å²) in [5.74, 6) is -0.375. The largest absolute Gasteiger partial charge is 0.412 e. The molecule has 4 N–H and O–H groups in total. The molecule has 0 fully saturated rings. The van der Waals surface area contributed by atoms with Gasteiger partial charge >= 0.3 is 0 Å². The van der Waals surface area contributed by atoms with E-state index in [1.807, 2.05) is 13.8 Å². The molecule has 0 radical (unpaired) electrons. The van der Waals surface area contributed by atoms with Gasteiger partial charge in [0.15, 0.2) is 0 Å². The number of primary amides is 1. The molecular weight excluding hydrogens is 106 g/mol. The molecule has 48 valence electrons. The van der Waals surface area contributed by atoms with Crippen LogP contribution in [0.1, 0.15) is 13.8 Å². The number of carbonyl (C=O) groups excluding carboxylic acids is 1. The molecule has 0 aliphatic rings. The Morgan fingerprint density at radius 3 is 1.88 bits per heavy atom. The molecule has 0 aromatic heterocycles. The summed E-state index contributed by atoms with van der Waals surface area (Å²) in [7, 11) is 0. The van der Waals surface area contributed by atoms with Crippen molar-refractivity contribution in [2.75, 3.05) is 0 Å². The SMILES string of the molecule is CC(C)=CC(N)=O.O. The van der Waals surface area contributed by atoms with Gasteiger partial charge in [0.2, 0.25) is 5.91 Å². The minimum absolute atomic E-state index is 0. The van der Waals surface area contributed by atoms with E-state index in [4.69, 9.17) is 5.73 Å². The molecule has 0 aromatic rings. The van der Waals surface area contributed by atoms with Crippen molar-refractivity contribution in [1.29, 1.82) is 0 Å². The van der Waals surface area contributed by atoms with E-state index in [-0.39, 0.29) is 11.4 Å². The normalized spacial score (nSPS) is 6.75. The van der Waals surface area contributed by atoms with Crippen LogP contribution in [0.4, 0.5) is 0 Å². The third-order valence-corrected chi connectivity index (χ3v) is 0.431. The van der Waals surface area contributed by atoms with Crippen molar-refractivity contribution in [3.8, 4) is 0 Å². The molecule has 0 saturated heterocycles. The smallest absolute Gasteiger partial charge is 0.241 e. The van der Waals surface area contributed by atoms with Crippen LogP contribution in [0.3, 0.4) is 0 Å². The highest BCUT2D eigenvalue weighted by atomic mass is 16.1. The minimum atomic E-state index is -0.375. The maximum atomic E-state index is 9.96. The van der Waals surface area contributed by atoms with Crippen LogP contribution in [0.2, 0.25) is 0 Å². The standard InChI is InChI=1S/C5H9NO.H2O/c1-4(2)3-5(6)7;/h3H,1-2H3,(H2,6,7);1H2. The van der Waals surface area contributed by atoms with Crippen LogP contribution in [-0.2, 0) is 4.79 Å². The maximum absolute atomic E-state index is 9.96. The van der Waals surface area contributed by atoms with Gasteiger partial charge in [-0.15, -0.1) is 0 Å². The highest BCUT2D eigenvalue weighted by molar-refractivity contribution is 5.86. The van der Waals surface area contributed by atoms with Gasteiger partial charge in [-0.1, -0.05) is 5.57 Å². The predicted molar refractivity (Wildman–Crippen MR) is 32.2 cm³/mol. The van der Waals surface area contributed by atoms with Gasteiger partial charge < -0.3 is 11.2 Å². The Kier molecular flexibility index (Phi) is 5.53. The van der Waals surface area contributed by atoms with Gasteiger partial charge in [-0.05, 0) is 13.8 Å². The Morgan fingerprint density at radius 1 is 1.50 bits per heavy atom. The van der Waals surface area contributed by atoms with Crippen LogP contribution >= 0.6 is 0 Å². The molecule has 3 heteroatoms. The monoisotopic (exact) mass is 117 g/mol. The minimum Gasteiger partial charge on any atom is -0.412 e. The molecule has 0 spiro atoms. The molecule has 0 unspecified atom stereocenters. The molecule has 0 aliphatic heterocycles. The number of nitrogens with two attached hydrogens (primary N) is 1. The summed E-state index contributed by atoms with van der Waals surface area (Å²) in [4.78, 5) is 9.96. The second-order valence-corrected chi connectivity index (χ2v) is 1.62. The van der Waals surface area contributed by atoms with Crippen molar-refractivity contribution in [3.63, 3.8) is 0 Å². The van der Waals surface area contributed by atoms with E-state index in [2.05, 4.69) is 0 Å². The molecular formula is C5H11NO2. The zero-order valence-electron chi connectivity index (χ0n) is 5.06. The molecule has 1 amide bonds. The highest BCUT2D eigenvalue weighted by Gasteiger charge is 1.80. The van der Waals surface area contributed by atoms with E-state index in [1.165, 1.54) is 6.08 Å². The van der Waals surface area contributed by atoms with Crippen LogP contribution in [0.15, 0.2) is 11.6 Å². The second kappa shape index (κ2) is 4.33. The summed E-state index contributed by atoms with van der Waals surface area (Å²) in [5, 5.41) is 0. The molecule has 0 aliphatic carbocycles. The van der Waals surface area contributed by atoms with Crippen molar-refractivity contribution in [2.24, 2.45) is 5.73 Å². The van der Waals surface area contributed by atoms with Crippen molar-refractivity contribution >= 4 is 5.91 Å². The fourth-order valence-electron chi connectivity index (χ4n) is 0.285. The van der Waals surface area contributed by atoms with E-state index < -0.39 is 0 Å². The molecule has 3 nitrogen and oxygen atoms in total. The van der Waals surface area contributed by atoms with E-state index in [9.17, 15) is 4.79 Å². The molecule has 0 bridgehead atoms. The third-order valence-electron chi connectivity index (χ3n) is 0.431. The Bertz CT molecular complexity index is 103. The van der Waals surface area contributed by atoms with Gasteiger partial charge in [0.05, 0.1) is 0 Å². The predicted octanol–water partition coefficient (Wildman–Crippen LogP) is -0.387. The fraction of sp³-hybridized carbons (Fsp3) is 0.400. The molecule has 0 saturated carbocycles. The average Bonchev–Trinajstić information content (AvgIpc) is 1.27. The first-order valence-electron chi connectivity index (χ1n) is 2.07. The molecule has 8 heavy (non-hydrogen) atoms. The second-order valence-electron chi connectivity index (χ2n) is 1.62. The van der Waals surface area contributed by atoms with E-state index in [1.54, 1.807) is 0 Å². The number of carbonyl (C=O) groups is 1. The third kappa shape index (κ3) is 8.95. The number of amides is 1.